The minimum Gasteiger partial charge on any atom is -0.425 e. The van der Waals surface area contributed by atoms with Gasteiger partial charge in [-0.15, -0.1) is 0 Å². The molecule has 0 aliphatic carbocycles. The van der Waals surface area contributed by atoms with E-state index >= 15 is 0 Å². The normalized spacial score (nSPS) is 13.9. The Hall–Kier alpha value is -3.87. The van der Waals surface area contributed by atoms with Crippen LogP contribution in [0, 0.1) is 11.6 Å². The predicted octanol–water partition coefficient (Wildman–Crippen LogP) is 3.78. The largest absolute Gasteiger partial charge is 0.425 e. The standard InChI is InChI=1S/C23H15F2NO4/c24-18-11-10-15(13-19(18)25)30-23(29)20(12-14-6-2-1-3-7-14)26-21(27)16-8-4-5-9-17(16)22(26)28/h1-11,13,20H,12H2/t20-/m0/s1. The highest BCUT2D eigenvalue weighted by atomic mass is 19.2. The number of halogens is 2. The molecule has 1 aliphatic heterocycles. The maximum atomic E-state index is 13.5. The third-order valence-corrected chi connectivity index (χ3v) is 4.79. The summed E-state index contributed by atoms with van der Waals surface area (Å²) >= 11 is 0. The first kappa shape index (κ1) is 19.4. The van der Waals surface area contributed by atoms with Crippen LogP contribution in [0.25, 0.3) is 0 Å². The average molecular weight is 407 g/mol. The van der Waals surface area contributed by atoms with E-state index in [1.807, 2.05) is 0 Å². The Morgan fingerprint density at radius 2 is 1.43 bits per heavy atom. The quantitative estimate of drug-likeness (QED) is 0.367. The molecule has 1 atom stereocenters. The fourth-order valence-electron chi connectivity index (χ4n) is 3.33. The topological polar surface area (TPSA) is 63.7 Å². The highest BCUT2D eigenvalue weighted by Gasteiger charge is 2.43. The number of carbonyl (C=O) groups is 3. The van der Waals surface area contributed by atoms with Crippen molar-refractivity contribution in [3.05, 3.63) is 101 Å². The summed E-state index contributed by atoms with van der Waals surface area (Å²) in [7, 11) is 0. The van der Waals surface area contributed by atoms with Crippen molar-refractivity contribution in [2.45, 2.75) is 12.5 Å². The Morgan fingerprint density at radius 1 is 0.833 bits per heavy atom. The Bertz CT molecular complexity index is 1110. The van der Waals surface area contributed by atoms with Crippen LogP contribution >= 0.6 is 0 Å². The van der Waals surface area contributed by atoms with Gasteiger partial charge in [-0.2, -0.15) is 0 Å². The molecule has 4 rings (SSSR count). The maximum Gasteiger partial charge on any atom is 0.335 e. The molecule has 0 bridgehead atoms. The number of esters is 1. The second kappa shape index (κ2) is 7.87. The lowest BCUT2D eigenvalue weighted by atomic mass is 10.0. The number of hydrogen-bond donors (Lipinski definition) is 0. The van der Waals surface area contributed by atoms with Crippen LogP contribution in [-0.4, -0.2) is 28.7 Å². The minimum absolute atomic E-state index is 0.00875. The monoisotopic (exact) mass is 407 g/mol. The van der Waals surface area contributed by atoms with Gasteiger partial charge in [-0.05, 0) is 29.8 Å². The van der Waals surface area contributed by atoms with E-state index in [0.717, 1.165) is 23.1 Å². The summed E-state index contributed by atoms with van der Waals surface area (Å²) in [5, 5.41) is 0. The number of ether oxygens (including phenoxy) is 1. The summed E-state index contributed by atoms with van der Waals surface area (Å²) in [6.07, 6.45) is 0.00875. The third-order valence-electron chi connectivity index (χ3n) is 4.79. The van der Waals surface area contributed by atoms with E-state index in [9.17, 15) is 23.2 Å². The number of fused-ring (bicyclic) bond motifs is 1. The fraction of sp³-hybridized carbons (Fsp3) is 0.0870. The SMILES string of the molecule is O=C(Oc1ccc(F)c(F)c1)[C@H](Cc1ccccc1)N1C(=O)c2ccccc2C1=O. The summed E-state index contributed by atoms with van der Waals surface area (Å²) < 4.78 is 31.9. The Labute approximate surface area is 170 Å². The first-order chi connectivity index (χ1) is 14.5. The van der Waals surface area contributed by atoms with Crippen LogP contribution in [0.3, 0.4) is 0 Å². The van der Waals surface area contributed by atoms with Gasteiger partial charge in [0.2, 0.25) is 0 Å². The molecular formula is C23H15F2NO4. The number of benzene rings is 3. The van der Waals surface area contributed by atoms with E-state index in [0.29, 0.717) is 5.56 Å². The summed E-state index contributed by atoms with van der Waals surface area (Å²) in [6.45, 7) is 0. The lowest BCUT2D eigenvalue weighted by Crippen LogP contribution is -2.48. The lowest BCUT2D eigenvalue weighted by molar-refractivity contribution is -0.138. The van der Waals surface area contributed by atoms with Gasteiger partial charge in [0.25, 0.3) is 11.8 Å². The molecule has 1 heterocycles. The highest BCUT2D eigenvalue weighted by molar-refractivity contribution is 6.22. The van der Waals surface area contributed by atoms with Gasteiger partial charge in [-0.3, -0.25) is 14.5 Å². The van der Waals surface area contributed by atoms with Gasteiger partial charge in [0.1, 0.15) is 11.8 Å². The number of nitrogens with zero attached hydrogens (tertiary/aromatic N) is 1. The van der Waals surface area contributed by atoms with Crippen LogP contribution in [0.2, 0.25) is 0 Å². The van der Waals surface area contributed by atoms with Gasteiger partial charge >= 0.3 is 5.97 Å². The number of imide groups is 1. The molecule has 2 amide bonds. The molecule has 7 heteroatoms. The molecule has 30 heavy (non-hydrogen) atoms. The van der Waals surface area contributed by atoms with E-state index in [4.69, 9.17) is 4.74 Å². The predicted molar refractivity (Wildman–Crippen MR) is 103 cm³/mol. The summed E-state index contributed by atoms with van der Waals surface area (Å²) in [5.41, 5.74) is 1.09. The van der Waals surface area contributed by atoms with Crippen molar-refractivity contribution in [2.75, 3.05) is 0 Å². The first-order valence-corrected chi connectivity index (χ1v) is 9.13. The second-order valence-electron chi connectivity index (χ2n) is 6.73. The number of hydrogen-bond acceptors (Lipinski definition) is 4. The van der Waals surface area contributed by atoms with Crippen molar-refractivity contribution in [3.63, 3.8) is 0 Å². The second-order valence-corrected chi connectivity index (χ2v) is 6.73. The maximum absolute atomic E-state index is 13.5. The van der Waals surface area contributed by atoms with Crippen molar-refractivity contribution in [3.8, 4) is 5.75 Å². The van der Waals surface area contributed by atoms with Gasteiger partial charge in [-0.25, -0.2) is 13.6 Å². The van der Waals surface area contributed by atoms with Crippen molar-refractivity contribution >= 4 is 17.8 Å². The average Bonchev–Trinajstić information content (AvgIpc) is 3.00. The molecular weight excluding hydrogens is 392 g/mol. The third kappa shape index (κ3) is 3.57. The van der Waals surface area contributed by atoms with Crippen molar-refractivity contribution in [1.82, 2.24) is 4.90 Å². The van der Waals surface area contributed by atoms with Gasteiger partial charge in [0, 0.05) is 12.5 Å². The summed E-state index contributed by atoms with van der Waals surface area (Å²) in [5.74, 6) is -4.65. The van der Waals surface area contributed by atoms with Crippen LogP contribution in [0.1, 0.15) is 26.3 Å². The zero-order valence-electron chi connectivity index (χ0n) is 15.5. The van der Waals surface area contributed by atoms with Crippen molar-refractivity contribution in [1.29, 1.82) is 0 Å². The molecule has 0 saturated carbocycles. The molecule has 0 unspecified atom stereocenters. The van der Waals surface area contributed by atoms with Gasteiger partial charge < -0.3 is 4.74 Å². The van der Waals surface area contributed by atoms with Crippen LogP contribution < -0.4 is 4.74 Å². The zero-order chi connectivity index (χ0) is 21.3. The highest BCUT2D eigenvalue weighted by Crippen LogP contribution is 2.27. The lowest BCUT2D eigenvalue weighted by Gasteiger charge is -2.24. The molecule has 0 fully saturated rings. The smallest absolute Gasteiger partial charge is 0.335 e. The Morgan fingerprint density at radius 3 is 2.03 bits per heavy atom. The summed E-state index contributed by atoms with van der Waals surface area (Å²) in [6, 6.07) is 16.4. The molecule has 0 radical (unpaired) electrons. The molecule has 1 aliphatic rings. The molecule has 0 spiro atoms. The van der Waals surface area contributed by atoms with E-state index in [1.54, 1.807) is 42.5 Å². The molecule has 0 saturated heterocycles. The Kier molecular flexibility index (Phi) is 5.10. The zero-order valence-corrected chi connectivity index (χ0v) is 15.5. The van der Waals surface area contributed by atoms with Crippen LogP contribution in [0.15, 0.2) is 72.8 Å². The molecule has 0 N–H and O–H groups in total. The Balaban J connectivity index is 1.68. The minimum atomic E-state index is -1.28. The number of carbonyl (C=O) groups excluding carboxylic acids is 3. The van der Waals surface area contributed by atoms with Gasteiger partial charge in [0.05, 0.1) is 11.1 Å². The molecule has 3 aromatic rings. The van der Waals surface area contributed by atoms with Crippen molar-refractivity contribution < 1.29 is 27.9 Å². The fourth-order valence-corrected chi connectivity index (χ4v) is 3.33. The van der Waals surface area contributed by atoms with Crippen LogP contribution in [0.4, 0.5) is 8.78 Å². The summed E-state index contributed by atoms with van der Waals surface area (Å²) in [4.78, 5) is 39.6. The molecule has 150 valence electrons. The molecule has 3 aromatic carbocycles. The molecule has 5 nitrogen and oxygen atoms in total. The van der Waals surface area contributed by atoms with Gasteiger partial charge in [-0.1, -0.05) is 42.5 Å². The number of amides is 2. The van der Waals surface area contributed by atoms with E-state index in [2.05, 4.69) is 0 Å². The van der Waals surface area contributed by atoms with Crippen LogP contribution in [-0.2, 0) is 11.2 Å². The van der Waals surface area contributed by atoms with E-state index in [-0.39, 0.29) is 23.3 Å². The van der Waals surface area contributed by atoms with E-state index < -0.39 is 35.5 Å². The molecule has 0 aromatic heterocycles. The van der Waals surface area contributed by atoms with E-state index in [1.165, 1.54) is 12.1 Å². The first-order valence-electron chi connectivity index (χ1n) is 9.13. The van der Waals surface area contributed by atoms with Crippen molar-refractivity contribution in [2.24, 2.45) is 0 Å². The van der Waals surface area contributed by atoms with Gasteiger partial charge in [0.15, 0.2) is 11.6 Å². The van der Waals surface area contributed by atoms with Crippen LogP contribution in [0.5, 0.6) is 5.75 Å². The number of rotatable bonds is 5.